The van der Waals surface area contributed by atoms with Crippen molar-refractivity contribution in [1.82, 2.24) is 20.2 Å². The largest absolute Gasteiger partial charge is 0.355 e. The third-order valence-corrected chi connectivity index (χ3v) is 7.74. The molecule has 2 atom stereocenters. The number of amides is 2. The summed E-state index contributed by atoms with van der Waals surface area (Å²) in [7, 11) is 0. The Kier molecular flexibility index (Phi) is 5.65. The molecule has 0 spiro atoms. The lowest BCUT2D eigenvalue weighted by Crippen LogP contribution is -2.48. The smallest absolute Gasteiger partial charge is 0.228 e. The Morgan fingerprint density at radius 3 is 2.81 bits per heavy atom. The average molecular weight is 440 g/mol. The molecule has 4 heterocycles. The van der Waals surface area contributed by atoms with Gasteiger partial charge >= 0.3 is 0 Å². The van der Waals surface area contributed by atoms with Gasteiger partial charge in [-0.15, -0.1) is 0 Å². The minimum Gasteiger partial charge on any atom is -0.355 e. The molecule has 31 heavy (non-hydrogen) atoms. The molecule has 2 aliphatic heterocycles. The Hall–Kier alpha value is -2.48. The first-order valence-electron chi connectivity index (χ1n) is 11.2. The van der Waals surface area contributed by atoms with Gasteiger partial charge in [-0.1, -0.05) is 0 Å². The number of rotatable bonds is 6. The second-order valence-corrected chi connectivity index (χ2v) is 9.97. The standard InChI is InChI=1S/C23H29N5O2S/c29-20(11-18-5-10-31-15-18)27-9-1-6-23(21(30)26-12-17-3-4-17)16-28(14-19(23)13-27)22-24-7-2-8-25-22/h2,5,7-8,10,15,17,19H,1,3-4,6,9,11-14,16H2,(H,26,30)/t19-,23-/m0/s1. The Balaban J connectivity index is 1.36. The second-order valence-electron chi connectivity index (χ2n) is 9.19. The summed E-state index contributed by atoms with van der Waals surface area (Å²) in [6, 6.07) is 3.82. The highest BCUT2D eigenvalue weighted by Gasteiger charge is 2.54. The number of fused-ring (bicyclic) bond motifs is 1. The zero-order valence-electron chi connectivity index (χ0n) is 17.7. The number of likely N-dealkylation sites (tertiary alicyclic amines) is 1. The summed E-state index contributed by atoms with van der Waals surface area (Å²) in [6.45, 7) is 3.42. The zero-order valence-corrected chi connectivity index (χ0v) is 18.5. The van der Waals surface area contributed by atoms with Crippen molar-refractivity contribution in [1.29, 1.82) is 0 Å². The van der Waals surface area contributed by atoms with Crippen LogP contribution in [0.2, 0.25) is 0 Å². The first-order chi connectivity index (χ1) is 15.1. The van der Waals surface area contributed by atoms with Crippen LogP contribution in [0.4, 0.5) is 5.95 Å². The predicted octanol–water partition coefficient (Wildman–Crippen LogP) is 2.35. The van der Waals surface area contributed by atoms with Crippen LogP contribution in [0.25, 0.3) is 0 Å². The van der Waals surface area contributed by atoms with Crippen molar-refractivity contribution < 1.29 is 9.59 Å². The number of hydrogen-bond acceptors (Lipinski definition) is 6. The van der Waals surface area contributed by atoms with Gasteiger partial charge < -0.3 is 15.1 Å². The van der Waals surface area contributed by atoms with Crippen molar-refractivity contribution in [2.24, 2.45) is 17.3 Å². The molecule has 2 aromatic heterocycles. The quantitative estimate of drug-likeness (QED) is 0.748. The van der Waals surface area contributed by atoms with Crippen LogP contribution in [0.1, 0.15) is 31.2 Å². The van der Waals surface area contributed by atoms with Gasteiger partial charge in [0.15, 0.2) is 0 Å². The molecule has 1 N–H and O–H groups in total. The van der Waals surface area contributed by atoms with Gasteiger partial charge in [-0.2, -0.15) is 11.3 Å². The molecule has 0 unspecified atom stereocenters. The van der Waals surface area contributed by atoms with Crippen molar-refractivity contribution >= 4 is 29.1 Å². The molecule has 3 fully saturated rings. The van der Waals surface area contributed by atoms with Gasteiger partial charge in [0.05, 0.1) is 11.8 Å². The van der Waals surface area contributed by atoms with Crippen LogP contribution < -0.4 is 10.2 Å². The molecule has 1 aliphatic carbocycles. The topological polar surface area (TPSA) is 78.4 Å². The van der Waals surface area contributed by atoms with E-state index in [1.165, 1.54) is 12.8 Å². The van der Waals surface area contributed by atoms with Gasteiger partial charge in [0.2, 0.25) is 17.8 Å². The maximum atomic E-state index is 13.5. The Bertz CT molecular complexity index is 917. The monoisotopic (exact) mass is 439 g/mol. The second kappa shape index (κ2) is 8.57. The number of nitrogens with zero attached hydrogens (tertiary/aromatic N) is 4. The van der Waals surface area contributed by atoms with Gasteiger partial charge in [0.1, 0.15) is 0 Å². The molecule has 1 saturated carbocycles. The van der Waals surface area contributed by atoms with Crippen LogP contribution in [-0.2, 0) is 16.0 Å². The third kappa shape index (κ3) is 4.31. The van der Waals surface area contributed by atoms with E-state index < -0.39 is 5.41 Å². The van der Waals surface area contributed by atoms with E-state index in [4.69, 9.17) is 0 Å². The van der Waals surface area contributed by atoms with Crippen molar-refractivity contribution in [2.45, 2.75) is 32.1 Å². The minimum absolute atomic E-state index is 0.0735. The first kappa shape index (κ1) is 20.4. The van der Waals surface area contributed by atoms with Gasteiger partial charge in [0, 0.05) is 51.0 Å². The summed E-state index contributed by atoms with van der Waals surface area (Å²) >= 11 is 1.62. The fourth-order valence-electron chi connectivity index (χ4n) is 5.05. The van der Waals surface area contributed by atoms with E-state index in [0.29, 0.717) is 37.9 Å². The van der Waals surface area contributed by atoms with Crippen LogP contribution >= 0.6 is 11.3 Å². The average Bonchev–Trinajstić information content (AvgIpc) is 3.41. The zero-order chi connectivity index (χ0) is 21.3. The SMILES string of the molecule is O=C(Cc1ccsc1)N1CCC[C@]2(C(=O)NCC3CC3)CN(c3ncccn3)C[C@@H]2C1. The van der Waals surface area contributed by atoms with Crippen molar-refractivity contribution in [3.63, 3.8) is 0 Å². The maximum absolute atomic E-state index is 13.5. The predicted molar refractivity (Wildman–Crippen MR) is 120 cm³/mol. The summed E-state index contributed by atoms with van der Waals surface area (Å²) < 4.78 is 0. The third-order valence-electron chi connectivity index (χ3n) is 7.01. The number of thiophene rings is 1. The minimum atomic E-state index is -0.495. The maximum Gasteiger partial charge on any atom is 0.228 e. The van der Waals surface area contributed by atoms with E-state index in [2.05, 4.69) is 20.2 Å². The number of anilines is 1. The molecule has 164 valence electrons. The molecule has 7 nitrogen and oxygen atoms in total. The van der Waals surface area contributed by atoms with Gasteiger partial charge in [-0.3, -0.25) is 9.59 Å². The highest BCUT2D eigenvalue weighted by atomic mass is 32.1. The van der Waals surface area contributed by atoms with E-state index in [0.717, 1.165) is 31.5 Å². The van der Waals surface area contributed by atoms with Crippen LogP contribution in [0, 0.1) is 17.3 Å². The van der Waals surface area contributed by atoms with E-state index in [1.54, 1.807) is 29.8 Å². The normalized spacial score (nSPS) is 25.7. The number of carbonyl (C=O) groups is 2. The van der Waals surface area contributed by atoms with Crippen molar-refractivity contribution in [2.75, 3.05) is 37.6 Å². The van der Waals surface area contributed by atoms with E-state index in [1.807, 2.05) is 21.7 Å². The molecule has 2 saturated heterocycles. The van der Waals surface area contributed by atoms with Gasteiger partial charge in [-0.25, -0.2) is 9.97 Å². The molecular weight excluding hydrogens is 410 g/mol. The Morgan fingerprint density at radius 1 is 1.23 bits per heavy atom. The summed E-state index contributed by atoms with van der Waals surface area (Å²) in [5, 5.41) is 7.29. The fraction of sp³-hybridized carbons (Fsp3) is 0.565. The first-order valence-corrected chi connectivity index (χ1v) is 12.2. The van der Waals surface area contributed by atoms with Crippen molar-refractivity contribution in [3.8, 4) is 0 Å². The van der Waals surface area contributed by atoms with E-state index in [-0.39, 0.29) is 17.7 Å². The van der Waals surface area contributed by atoms with E-state index >= 15 is 0 Å². The molecule has 3 aliphatic rings. The highest BCUT2D eigenvalue weighted by Crippen LogP contribution is 2.44. The lowest BCUT2D eigenvalue weighted by Gasteiger charge is -2.32. The van der Waals surface area contributed by atoms with Crippen LogP contribution in [0.3, 0.4) is 0 Å². The summed E-state index contributed by atoms with van der Waals surface area (Å²) in [6.07, 6.45) is 7.98. The molecule has 0 radical (unpaired) electrons. The van der Waals surface area contributed by atoms with Crippen molar-refractivity contribution in [3.05, 3.63) is 40.8 Å². The molecule has 2 amide bonds. The lowest BCUT2D eigenvalue weighted by molar-refractivity contribution is -0.135. The highest BCUT2D eigenvalue weighted by molar-refractivity contribution is 7.08. The number of nitrogens with one attached hydrogen (secondary N) is 1. The van der Waals surface area contributed by atoms with Crippen LogP contribution in [-0.4, -0.2) is 59.4 Å². The number of carbonyl (C=O) groups excluding carboxylic acids is 2. The van der Waals surface area contributed by atoms with Crippen LogP contribution in [0.15, 0.2) is 35.3 Å². The molecule has 0 bridgehead atoms. The Labute approximate surface area is 186 Å². The number of hydrogen-bond donors (Lipinski definition) is 1. The van der Waals surface area contributed by atoms with E-state index in [9.17, 15) is 9.59 Å². The van der Waals surface area contributed by atoms with Gasteiger partial charge in [-0.05, 0) is 60.1 Å². The van der Waals surface area contributed by atoms with Gasteiger partial charge in [0.25, 0.3) is 0 Å². The molecule has 2 aromatic rings. The number of aromatic nitrogens is 2. The summed E-state index contributed by atoms with van der Waals surface area (Å²) in [5.41, 5.74) is 0.573. The molecule has 0 aromatic carbocycles. The Morgan fingerprint density at radius 2 is 2.06 bits per heavy atom. The molecular formula is C23H29N5O2S. The lowest BCUT2D eigenvalue weighted by atomic mass is 9.74. The van der Waals surface area contributed by atoms with Crippen LogP contribution in [0.5, 0.6) is 0 Å². The summed E-state index contributed by atoms with van der Waals surface area (Å²) in [4.78, 5) is 39.5. The molecule has 8 heteroatoms. The summed E-state index contributed by atoms with van der Waals surface area (Å²) in [5.74, 6) is 1.69. The fourth-order valence-corrected chi connectivity index (χ4v) is 5.72. The molecule has 5 rings (SSSR count).